The third-order valence-corrected chi connectivity index (χ3v) is 4.96. The smallest absolute Gasteiger partial charge is 0.0352 e. The average Bonchev–Trinajstić information content (AvgIpc) is 2.40. The maximum atomic E-state index is 6.15. The summed E-state index contributed by atoms with van der Waals surface area (Å²) in [6, 6.07) is 9.10. The minimum Gasteiger partial charge on any atom is -0.322 e. The Labute approximate surface area is 110 Å². The Balaban J connectivity index is 1.88. The van der Waals surface area contributed by atoms with Crippen LogP contribution in [0.25, 0.3) is 0 Å². The summed E-state index contributed by atoms with van der Waals surface area (Å²) >= 11 is 0. The number of fused-ring (bicyclic) bond motifs is 3. The van der Waals surface area contributed by atoms with E-state index in [2.05, 4.69) is 43.0 Å². The lowest BCUT2D eigenvalue weighted by molar-refractivity contribution is 0.0817. The fourth-order valence-electron chi connectivity index (χ4n) is 3.51. The second-order valence-corrected chi connectivity index (χ2v) is 6.67. The number of nitrogens with two attached hydrogens (primary N) is 1. The Hall–Kier alpha value is -0.860. The fourth-order valence-corrected chi connectivity index (χ4v) is 3.51. The topological polar surface area (TPSA) is 29.3 Å². The van der Waals surface area contributed by atoms with Gasteiger partial charge in [-0.1, -0.05) is 24.3 Å². The molecule has 4 rings (SSSR count). The van der Waals surface area contributed by atoms with Crippen LogP contribution in [0.1, 0.15) is 44.2 Å². The van der Waals surface area contributed by atoms with Crippen molar-refractivity contribution in [2.45, 2.75) is 44.1 Å². The minimum absolute atomic E-state index is 0.230. The number of nitrogens with zero attached hydrogens (tertiary/aromatic N) is 1. The molecule has 3 fully saturated rings. The van der Waals surface area contributed by atoms with Crippen molar-refractivity contribution in [3.8, 4) is 0 Å². The lowest BCUT2D eigenvalue weighted by Gasteiger charge is -2.49. The molecule has 2 nitrogen and oxygen atoms in total. The Kier molecular flexibility index (Phi) is 2.76. The van der Waals surface area contributed by atoms with Crippen molar-refractivity contribution in [1.29, 1.82) is 0 Å². The molecular weight excluding hydrogens is 220 g/mol. The highest BCUT2D eigenvalue weighted by molar-refractivity contribution is 5.33. The average molecular weight is 244 g/mol. The summed E-state index contributed by atoms with van der Waals surface area (Å²) < 4.78 is 0. The van der Waals surface area contributed by atoms with Gasteiger partial charge in [0.1, 0.15) is 0 Å². The van der Waals surface area contributed by atoms with E-state index in [0.29, 0.717) is 5.41 Å². The van der Waals surface area contributed by atoms with Crippen LogP contribution < -0.4 is 5.73 Å². The van der Waals surface area contributed by atoms with Gasteiger partial charge in [-0.05, 0) is 69.3 Å². The van der Waals surface area contributed by atoms with Crippen LogP contribution >= 0.6 is 0 Å². The quantitative estimate of drug-likeness (QED) is 0.866. The molecule has 3 saturated heterocycles. The maximum Gasteiger partial charge on any atom is 0.0352 e. The van der Waals surface area contributed by atoms with Crippen molar-refractivity contribution in [3.05, 3.63) is 35.4 Å². The molecule has 0 amide bonds. The Morgan fingerprint density at radius 3 is 1.94 bits per heavy atom. The van der Waals surface area contributed by atoms with E-state index in [-0.39, 0.29) is 5.54 Å². The molecule has 0 aliphatic carbocycles. The SMILES string of the molecule is CC(C)(N)c1ccc(C23CCN(CC2)CC3)cc1. The zero-order valence-corrected chi connectivity index (χ0v) is 11.6. The lowest BCUT2D eigenvalue weighted by atomic mass is 9.67. The number of hydrogen-bond donors (Lipinski definition) is 1. The second-order valence-electron chi connectivity index (χ2n) is 6.67. The van der Waals surface area contributed by atoms with Gasteiger partial charge in [0.05, 0.1) is 0 Å². The fraction of sp³-hybridized carbons (Fsp3) is 0.625. The van der Waals surface area contributed by atoms with Gasteiger partial charge in [-0.2, -0.15) is 0 Å². The predicted octanol–water partition coefficient (Wildman–Crippen LogP) is 2.62. The molecule has 2 heteroatoms. The highest BCUT2D eigenvalue weighted by atomic mass is 15.1. The normalized spacial score (nSPS) is 31.6. The Morgan fingerprint density at radius 2 is 1.50 bits per heavy atom. The van der Waals surface area contributed by atoms with Gasteiger partial charge in [-0.3, -0.25) is 0 Å². The van der Waals surface area contributed by atoms with Crippen LogP contribution in [0.2, 0.25) is 0 Å². The minimum atomic E-state index is -0.230. The zero-order valence-electron chi connectivity index (χ0n) is 11.6. The first-order valence-corrected chi connectivity index (χ1v) is 7.12. The Morgan fingerprint density at radius 1 is 1.00 bits per heavy atom. The van der Waals surface area contributed by atoms with Crippen molar-refractivity contribution >= 4 is 0 Å². The third kappa shape index (κ3) is 1.98. The van der Waals surface area contributed by atoms with Crippen LogP contribution in [0.5, 0.6) is 0 Å². The molecule has 3 aliphatic rings. The van der Waals surface area contributed by atoms with Gasteiger partial charge in [0.25, 0.3) is 0 Å². The van der Waals surface area contributed by atoms with Crippen LogP contribution in [0.4, 0.5) is 0 Å². The summed E-state index contributed by atoms with van der Waals surface area (Å²) in [7, 11) is 0. The molecule has 2 bridgehead atoms. The highest BCUT2D eigenvalue weighted by Crippen LogP contribution is 2.42. The van der Waals surface area contributed by atoms with E-state index in [1.165, 1.54) is 50.0 Å². The summed E-state index contributed by atoms with van der Waals surface area (Å²) in [5.74, 6) is 0. The zero-order chi connectivity index (χ0) is 12.8. The molecule has 0 spiro atoms. The largest absolute Gasteiger partial charge is 0.322 e. The first-order chi connectivity index (χ1) is 8.50. The Bertz CT molecular complexity index is 406. The van der Waals surface area contributed by atoms with Crippen molar-refractivity contribution in [2.75, 3.05) is 19.6 Å². The second kappa shape index (κ2) is 4.07. The molecule has 3 heterocycles. The van der Waals surface area contributed by atoms with E-state index >= 15 is 0 Å². The van der Waals surface area contributed by atoms with E-state index in [1.807, 2.05) is 0 Å². The van der Waals surface area contributed by atoms with E-state index in [1.54, 1.807) is 0 Å². The molecular formula is C16H24N2. The van der Waals surface area contributed by atoms with Crippen LogP contribution in [0.3, 0.4) is 0 Å². The number of benzene rings is 1. The van der Waals surface area contributed by atoms with Crippen LogP contribution in [0, 0.1) is 0 Å². The first kappa shape index (κ1) is 12.2. The van der Waals surface area contributed by atoms with Gasteiger partial charge in [-0.15, -0.1) is 0 Å². The van der Waals surface area contributed by atoms with Crippen LogP contribution in [-0.4, -0.2) is 24.5 Å². The number of hydrogen-bond acceptors (Lipinski definition) is 2. The third-order valence-electron chi connectivity index (χ3n) is 4.96. The van der Waals surface area contributed by atoms with Gasteiger partial charge < -0.3 is 10.6 Å². The molecule has 0 unspecified atom stereocenters. The first-order valence-electron chi connectivity index (χ1n) is 7.12. The summed E-state index contributed by atoms with van der Waals surface area (Å²) in [4.78, 5) is 2.60. The van der Waals surface area contributed by atoms with Crippen LogP contribution in [-0.2, 0) is 11.0 Å². The molecule has 2 N–H and O–H groups in total. The van der Waals surface area contributed by atoms with Crippen molar-refractivity contribution < 1.29 is 0 Å². The van der Waals surface area contributed by atoms with Crippen molar-refractivity contribution in [1.82, 2.24) is 4.90 Å². The van der Waals surface area contributed by atoms with E-state index in [0.717, 1.165) is 0 Å². The van der Waals surface area contributed by atoms with Crippen molar-refractivity contribution in [3.63, 3.8) is 0 Å². The summed E-state index contributed by atoms with van der Waals surface area (Å²) in [5, 5.41) is 0. The molecule has 0 aromatic heterocycles. The number of rotatable bonds is 2. The van der Waals surface area contributed by atoms with E-state index in [9.17, 15) is 0 Å². The van der Waals surface area contributed by atoms with E-state index in [4.69, 9.17) is 5.73 Å². The predicted molar refractivity (Wildman–Crippen MR) is 75.6 cm³/mol. The van der Waals surface area contributed by atoms with Gasteiger partial charge in [-0.25, -0.2) is 0 Å². The van der Waals surface area contributed by atoms with Gasteiger partial charge in [0.15, 0.2) is 0 Å². The molecule has 18 heavy (non-hydrogen) atoms. The monoisotopic (exact) mass is 244 g/mol. The summed E-state index contributed by atoms with van der Waals surface area (Å²) in [6.07, 6.45) is 4.00. The van der Waals surface area contributed by atoms with E-state index < -0.39 is 0 Å². The standard InChI is InChI=1S/C16H24N2/c1-15(2,17)13-3-5-14(6-4-13)16-7-10-18(11-8-16)12-9-16/h3-6H,7-12,17H2,1-2H3. The van der Waals surface area contributed by atoms with Crippen LogP contribution in [0.15, 0.2) is 24.3 Å². The molecule has 0 radical (unpaired) electrons. The summed E-state index contributed by atoms with van der Waals surface area (Å²) in [5.41, 5.74) is 9.16. The highest BCUT2D eigenvalue weighted by Gasteiger charge is 2.40. The number of piperidine rings is 3. The summed E-state index contributed by atoms with van der Waals surface area (Å²) in [6.45, 7) is 7.98. The lowest BCUT2D eigenvalue weighted by Crippen LogP contribution is -2.50. The molecule has 3 aliphatic heterocycles. The van der Waals surface area contributed by atoms with Gasteiger partial charge in [0, 0.05) is 5.54 Å². The van der Waals surface area contributed by atoms with Gasteiger partial charge >= 0.3 is 0 Å². The van der Waals surface area contributed by atoms with Gasteiger partial charge in [0.2, 0.25) is 0 Å². The molecule has 1 aromatic rings. The molecule has 1 aromatic carbocycles. The molecule has 0 atom stereocenters. The van der Waals surface area contributed by atoms with Crippen molar-refractivity contribution in [2.24, 2.45) is 5.73 Å². The molecule has 0 saturated carbocycles. The molecule has 98 valence electrons. The maximum absolute atomic E-state index is 6.15.